The van der Waals surface area contributed by atoms with Crippen molar-refractivity contribution in [2.75, 3.05) is 11.9 Å². The van der Waals surface area contributed by atoms with Gasteiger partial charge in [0, 0.05) is 11.3 Å². The van der Waals surface area contributed by atoms with E-state index < -0.39 is 16.0 Å². The molecule has 0 unspecified atom stereocenters. The van der Waals surface area contributed by atoms with Gasteiger partial charge in [0.2, 0.25) is 0 Å². The Balaban J connectivity index is 2.03. The van der Waals surface area contributed by atoms with Crippen LogP contribution in [0.1, 0.15) is 29.2 Å². The topological polar surface area (TPSA) is 105 Å². The normalized spacial score (nSPS) is 11.4. The van der Waals surface area contributed by atoms with Crippen LogP contribution in [0.5, 0.6) is 11.5 Å². The Labute approximate surface area is 217 Å². The second-order valence-corrected chi connectivity index (χ2v) is 9.70. The average molecular weight is 517 g/mol. The molecule has 3 aromatic rings. The predicted octanol–water partition coefficient (Wildman–Crippen LogP) is 5.74. The molecular weight excluding hydrogens is 488 g/mol. The fraction of sp³-hybridized carbons (Fsp3) is 0.172. The fourth-order valence-corrected chi connectivity index (χ4v) is 4.56. The summed E-state index contributed by atoms with van der Waals surface area (Å²) >= 11 is 0. The third-order valence-electron chi connectivity index (χ3n) is 5.57. The highest BCUT2D eigenvalue weighted by molar-refractivity contribution is 7.87. The molecule has 0 saturated carbocycles. The number of nitriles is 1. The highest BCUT2D eigenvalue weighted by Crippen LogP contribution is 2.36. The van der Waals surface area contributed by atoms with Gasteiger partial charge in [-0.1, -0.05) is 36.4 Å². The number of nitrogens with one attached hydrogen (secondary N) is 1. The summed E-state index contributed by atoms with van der Waals surface area (Å²) in [6, 6.07) is 18.4. The summed E-state index contributed by atoms with van der Waals surface area (Å²) in [7, 11) is -4.14. The van der Waals surface area contributed by atoms with E-state index in [4.69, 9.17) is 8.92 Å². The van der Waals surface area contributed by atoms with Gasteiger partial charge in [-0.15, -0.1) is 6.58 Å². The Morgan fingerprint density at radius 2 is 1.84 bits per heavy atom. The van der Waals surface area contributed by atoms with Gasteiger partial charge in [-0.3, -0.25) is 4.79 Å². The molecule has 0 aliphatic heterocycles. The molecule has 0 saturated heterocycles. The maximum Gasteiger partial charge on any atom is 0.339 e. The minimum absolute atomic E-state index is 0.000791. The zero-order valence-electron chi connectivity index (χ0n) is 20.9. The van der Waals surface area contributed by atoms with Crippen LogP contribution in [-0.4, -0.2) is 20.9 Å². The van der Waals surface area contributed by atoms with E-state index in [0.29, 0.717) is 16.8 Å². The molecule has 0 heterocycles. The molecule has 0 aromatic heterocycles. The van der Waals surface area contributed by atoms with E-state index in [1.165, 1.54) is 24.3 Å². The monoisotopic (exact) mass is 516 g/mol. The molecule has 3 rings (SSSR count). The minimum atomic E-state index is -4.14. The molecule has 7 nitrogen and oxygen atoms in total. The van der Waals surface area contributed by atoms with Crippen LogP contribution in [0.25, 0.3) is 6.08 Å². The molecule has 190 valence electrons. The van der Waals surface area contributed by atoms with Crippen molar-refractivity contribution in [3.63, 3.8) is 0 Å². The molecule has 0 atom stereocenters. The molecule has 0 fully saturated rings. The molecular formula is C29H28N2O5S. The number of carbonyl (C=O) groups is 1. The quantitative estimate of drug-likeness (QED) is 0.159. The molecule has 37 heavy (non-hydrogen) atoms. The van der Waals surface area contributed by atoms with Gasteiger partial charge in [-0.2, -0.15) is 13.7 Å². The van der Waals surface area contributed by atoms with Crippen LogP contribution in [0.15, 0.2) is 83.8 Å². The van der Waals surface area contributed by atoms with Gasteiger partial charge in [0.15, 0.2) is 11.5 Å². The lowest BCUT2D eigenvalue weighted by Crippen LogP contribution is -2.14. The van der Waals surface area contributed by atoms with E-state index in [1.807, 2.05) is 32.0 Å². The molecule has 3 aromatic carbocycles. The van der Waals surface area contributed by atoms with Crippen molar-refractivity contribution in [3.8, 4) is 17.6 Å². The number of rotatable bonds is 10. The van der Waals surface area contributed by atoms with Crippen LogP contribution in [0, 0.1) is 25.2 Å². The zero-order valence-corrected chi connectivity index (χ0v) is 21.8. The van der Waals surface area contributed by atoms with Gasteiger partial charge in [-0.05, 0) is 80.3 Å². The van der Waals surface area contributed by atoms with Crippen LogP contribution < -0.4 is 14.2 Å². The van der Waals surface area contributed by atoms with Crippen molar-refractivity contribution in [1.82, 2.24) is 0 Å². The van der Waals surface area contributed by atoms with E-state index in [2.05, 4.69) is 11.9 Å². The molecule has 0 bridgehead atoms. The van der Waals surface area contributed by atoms with E-state index in [9.17, 15) is 18.5 Å². The molecule has 1 N–H and O–H groups in total. The lowest BCUT2D eigenvalue weighted by Gasteiger charge is -2.16. The van der Waals surface area contributed by atoms with Crippen molar-refractivity contribution in [3.05, 3.63) is 101 Å². The number of hydrogen-bond acceptors (Lipinski definition) is 6. The Hall–Kier alpha value is -4.35. The summed E-state index contributed by atoms with van der Waals surface area (Å²) in [5, 5.41) is 12.5. The number of carbonyl (C=O) groups excluding carboxylic acids is 1. The van der Waals surface area contributed by atoms with Crippen LogP contribution >= 0.6 is 0 Å². The number of allylic oxidation sites excluding steroid dienone is 1. The van der Waals surface area contributed by atoms with Crippen LogP contribution in [0.3, 0.4) is 0 Å². The average Bonchev–Trinajstić information content (AvgIpc) is 2.88. The van der Waals surface area contributed by atoms with Crippen LogP contribution in [-0.2, 0) is 21.3 Å². The number of aryl methyl sites for hydroxylation is 1. The summed E-state index contributed by atoms with van der Waals surface area (Å²) in [5.41, 5.74) is 3.34. The molecule has 0 aliphatic rings. The number of ether oxygens (including phenoxy) is 1. The molecule has 8 heteroatoms. The Bertz CT molecular complexity index is 1490. The Kier molecular flexibility index (Phi) is 8.88. The van der Waals surface area contributed by atoms with E-state index >= 15 is 0 Å². The number of hydrogen-bond donors (Lipinski definition) is 1. The second kappa shape index (κ2) is 12.1. The van der Waals surface area contributed by atoms with Gasteiger partial charge in [0.25, 0.3) is 5.91 Å². The van der Waals surface area contributed by atoms with Gasteiger partial charge >= 0.3 is 10.1 Å². The number of anilines is 1. The first kappa shape index (κ1) is 27.2. The highest BCUT2D eigenvalue weighted by atomic mass is 32.2. The number of amides is 1. The maximum atomic E-state index is 12.9. The summed E-state index contributed by atoms with van der Waals surface area (Å²) < 4.78 is 37.1. The summed E-state index contributed by atoms with van der Waals surface area (Å²) in [5.74, 6) is -0.368. The first-order valence-electron chi connectivity index (χ1n) is 11.6. The Morgan fingerprint density at radius 1 is 1.11 bits per heavy atom. The lowest BCUT2D eigenvalue weighted by atomic mass is 10.0. The molecule has 0 radical (unpaired) electrons. The van der Waals surface area contributed by atoms with Crippen molar-refractivity contribution < 1.29 is 22.1 Å². The van der Waals surface area contributed by atoms with Crippen LogP contribution in [0.4, 0.5) is 5.69 Å². The predicted molar refractivity (Wildman–Crippen MR) is 144 cm³/mol. The van der Waals surface area contributed by atoms with Crippen molar-refractivity contribution in [2.45, 2.75) is 32.1 Å². The summed E-state index contributed by atoms with van der Waals surface area (Å²) in [6.45, 7) is 9.56. The maximum absolute atomic E-state index is 12.9. The minimum Gasteiger partial charge on any atom is -0.490 e. The fourth-order valence-electron chi connectivity index (χ4n) is 3.57. The van der Waals surface area contributed by atoms with E-state index in [-0.39, 0.29) is 35.0 Å². The number of nitrogens with zero attached hydrogens (tertiary/aromatic N) is 1. The highest BCUT2D eigenvalue weighted by Gasteiger charge is 2.23. The van der Waals surface area contributed by atoms with Gasteiger partial charge < -0.3 is 14.2 Å². The molecule has 1 amide bonds. The van der Waals surface area contributed by atoms with Crippen molar-refractivity contribution in [1.29, 1.82) is 5.26 Å². The van der Waals surface area contributed by atoms with Crippen molar-refractivity contribution in [2.24, 2.45) is 0 Å². The zero-order chi connectivity index (χ0) is 27.0. The Morgan fingerprint density at radius 3 is 2.49 bits per heavy atom. The summed E-state index contributed by atoms with van der Waals surface area (Å²) in [4.78, 5) is 12.9. The third kappa shape index (κ3) is 6.66. The summed E-state index contributed by atoms with van der Waals surface area (Å²) in [6.07, 6.45) is 3.28. The third-order valence-corrected chi connectivity index (χ3v) is 6.81. The molecule has 0 aliphatic carbocycles. The SMILES string of the molecule is C=CCc1cc(/C=C(\C#N)C(=O)Nc2cccc(C)c2C)cc(OCC)c1OS(=O)(=O)c1ccccc1. The lowest BCUT2D eigenvalue weighted by molar-refractivity contribution is -0.112. The van der Waals surface area contributed by atoms with Gasteiger partial charge in [0.05, 0.1) is 6.61 Å². The van der Waals surface area contributed by atoms with Crippen molar-refractivity contribution >= 4 is 27.8 Å². The first-order valence-corrected chi connectivity index (χ1v) is 13.0. The first-order chi connectivity index (χ1) is 17.7. The standard InChI is InChI=1S/C29H28N2O5S/c1-5-11-23-16-22(17-24(19-30)29(32)31-26-15-10-12-20(3)21(26)4)18-27(35-6-2)28(23)36-37(33,34)25-13-8-7-9-14-25/h5,7-10,12-18H,1,6,11H2,2-4H3,(H,31,32)/b24-17+. The van der Waals surface area contributed by atoms with E-state index in [1.54, 1.807) is 43.3 Å². The largest absolute Gasteiger partial charge is 0.490 e. The van der Waals surface area contributed by atoms with Crippen LogP contribution in [0.2, 0.25) is 0 Å². The van der Waals surface area contributed by atoms with Gasteiger partial charge in [-0.25, -0.2) is 0 Å². The second-order valence-electron chi connectivity index (χ2n) is 8.16. The van der Waals surface area contributed by atoms with Gasteiger partial charge in [0.1, 0.15) is 16.5 Å². The smallest absolute Gasteiger partial charge is 0.339 e. The molecule has 0 spiro atoms. The number of benzene rings is 3. The van der Waals surface area contributed by atoms with E-state index in [0.717, 1.165) is 11.1 Å².